The van der Waals surface area contributed by atoms with Gasteiger partial charge in [0.05, 0.1) is 17.5 Å². The van der Waals surface area contributed by atoms with Gasteiger partial charge in [0.25, 0.3) is 0 Å². The zero-order valence-electron chi connectivity index (χ0n) is 19.4. The molecule has 4 aliphatic rings. The van der Waals surface area contributed by atoms with Crippen molar-refractivity contribution in [3.8, 4) is 5.75 Å². The fourth-order valence-corrected chi connectivity index (χ4v) is 6.40. The normalized spacial score (nSPS) is 27.4. The van der Waals surface area contributed by atoms with E-state index in [1.165, 1.54) is 11.0 Å². The van der Waals surface area contributed by atoms with Crippen LogP contribution in [0, 0.1) is 17.8 Å². The second kappa shape index (κ2) is 8.14. The Morgan fingerprint density at radius 1 is 0.917 bits per heavy atom. The van der Waals surface area contributed by atoms with Crippen LogP contribution < -0.4 is 4.90 Å². The third kappa shape index (κ3) is 3.24. The van der Waals surface area contributed by atoms with Gasteiger partial charge in [-0.3, -0.25) is 24.1 Å². The van der Waals surface area contributed by atoms with E-state index in [4.69, 9.17) is 11.6 Å². The highest BCUT2D eigenvalue weighted by atomic mass is 35.5. The Kier molecular flexibility index (Phi) is 5.12. The van der Waals surface area contributed by atoms with Crippen LogP contribution in [0.25, 0.3) is 0 Å². The van der Waals surface area contributed by atoms with Crippen LogP contribution in [0.3, 0.4) is 0 Å². The molecule has 0 bridgehead atoms. The fraction of sp³-hybridized carbons (Fsp3) is 0.241. The average molecular weight is 500 g/mol. The van der Waals surface area contributed by atoms with Crippen molar-refractivity contribution in [1.82, 2.24) is 0 Å². The van der Waals surface area contributed by atoms with Gasteiger partial charge in [0.1, 0.15) is 5.75 Å². The molecular weight excluding hydrogens is 478 g/mol. The lowest BCUT2D eigenvalue weighted by Crippen LogP contribution is -2.39. The van der Waals surface area contributed by atoms with Crippen LogP contribution in [0.4, 0.5) is 5.69 Å². The topological polar surface area (TPSA) is 91.8 Å². The zero-order valence-corrected chi connectivity index (χ0v) is 20.2. The molecule has 36 heavy (non-hydrogen) atoms. The predicted octanol–water partition coefficient (Wildman–Crippen LogP) is 4.68. The van der Waals surface area contributed by atoms with Gasteiger partial charge in [-0.2, -0.15) is 0 Å². The summed E-state index contributed by atoms with van der Waals surface area (Å²) < 4.78 is 0. The van der Waals surface area contributed by atoms with Gasteiger partial charge in [0.15, 0.2) is 11.6 Å². The van der Waals surface area contributed by atoms with Gasteiger partial charge in [-0.15, -0.1) is 0 Å². The van der Waals surface area contributed by atoms with E-state index in [0.29, 0.717) is 33.9 Å². The number of nitrogens with zero attached hydrogens (tertiary/aromatic N) is 1. The Hall–Kier alpha value is -3.77. The molecule has 2 aromatic rings. The van der Waals surface area contributed by atoms with Gasteiger partial charge in [0, 0.05) is 27.7 Å². The van der Waals surface area contributed by atoms with Crippen LogP contribution in [-0.4, -0.2) is 28.5 Å². The van der Waals surface area contributed by atoms with E-state index < -0.39 is 23.7 Å². The summed E-state index contributed by atoms with van der Waals surface area (Å²) in [6.45, 7) is 1.63. The summed E-state index contributed by atoms with van der Waals surface area (Å²) in [5.74, 6) is -2.93. The molecule has 4 atom stereocenters. The molecule has 7 heteroatoms. The number of fused-ring (bicyclic) bond motifs is 3. The number of carbonyl (C=O) groups excluding carboxylic acids is 4. The summed E-state index contributed by atoms with van der Waals surface area (Å²) in [5.41, 5.74) is 3.34. The zero-order chi connectivity index (χ0) is 25.3. The number of Topliss-reactive ketones (excluding diaryl/α,β-unsaturated/α-hetero) is 1. The number of rotatable bonds is 2. The summed E-state index contributed by atoms with van der Waals surface area (Å²) in [4.78, 5) is 54.9. The number of carbonyl (C=O) groups is 4. The van der Waals surface area contributed by atoms with E-state index >= 15 is 0 Å². The van der Waals surface area contributed by atoms with Gasteiger partial charge in [-0.25, -0.2) is 0 Å². The second-order valence-corrected chi connectivity index (χ2v) is 10.2. The molecule has 3 aliphatic carbocycles. The van der Waals surface area contributed by atoms with Gasteiger partial charge in [-0.05, 0) is 73.7 Å². The molecule has 0 aromatic heterocycles. The maximum Gasteiger partial charge on any atom is 0.238 e. The minimum Gasteiger partial charge on any atom is -0.508 e. The SMILES string of the molecule is CC1=CC(=O)C2=C(C[C@@H]3C(=CC[C@@H]4C(=O)N(c5ccc(Cl)cc5)C(=O)[C@@H]43)[C@@H]2c2ccc(O)cc2)C1=O. The summed E-state index contributed by atoms with van der Waals surface area (Å²) in [6.07, 6.45) is 3.97. The lowest BCUT2D eigenvalue weighted by atomic mass is 9.59. The molecule has 2 aromatic carbocycles. The van der Waals surface area contributed by atoms with E-state index in [1.54, 1.807) is 55.5 Å². The molecule has 1 saturated heterocycles. The number of hydrogen-bond donors (Lipinski definition) is 1. The Balaban J connectivity index is 1.48. The van der Waals surface area contributed by atoms with Gasteiger partial charge >= 0.3 is 0 Å². The molecule has 6 nitrogen and oxygen atoms in total. The van der Waals surface area contributed by atoms with Crippen LogP contribution in [0.2, 0.25) is 5.02 Å². The van der Waals surface area contributed by atoms with Crippen LogP contribution >= 0.6 is 11.6 Å². The highest BCUT2D eigenvalue weighted by Gasteiger charge is 2.56. The standard InChI is InChI=1S/C29H22ClNO5/c1-14-12-23(33)26-22(27(14)34)13-21-19(24(26)15-2-8-18(32)9-3-15)10-11-20-25(21)29(36)31(28(20)35)17-6-4-16(30)5-7-17/h2-10,12,20-21,24-25,32H,11,13H2,1H3/t20-,21+,24-,25-/m0/s1. The predicted molar refractivity (Wildman–Crippen MR) is 133 cm³/mol. The van der Waals surface area contributed by atoms with E-state index in [9.17, 15) is 24.3 Å². The number of phenols is 1. The number of halogens is 1. The number of hydrogen-bond acceptors (Lipinski definition) is 5. The first-order valence-electron chi connectivity index (χ1n) is 11.9. The summed E-state index contributed by atoms with van der Waals surface area (Å²) in [5, 5.41) is 10.3. The van der Waals surface area contributed by atoms with Crippen molar-refractivity contribution in [2.75, 3.05) is 4.90 Å². The number of allylic oxidation sites excluding steroid dienone is 6. The summed E-state index contributed by atoms with van der Waals surface area (Å²) in [6, 6.07) is 13.2. The van der Waals surface area contributed by atoms with Gasteiger partial charge in [-0.1, -0.05) is 35.4 Å². The number of amides is 2. The first kappa shape index (κ1) is 22.7. The van der Waals surface area contributed by atoms with Gasteiger partial charge < -0.3 is 5.11 Å². The van der Waals surface area contributed by atoms with Crippen molar-refractivity contribution < 1.29 is 24.3 Å². The van der Waals surface area contributed by atoms with E-state index in [1.807, 2.05) is 6.08 Å². The third-order valence-corrected chi connectivity index (χ3v) is 8.13. The molecule has 1 heterocycles. The monoisotopic (exact) mass is 499 g/mol. The Morgan fingerprint density at radius 3 is 2.31 bits per heavy atom. The molecule has 1 fully saturated rings. The lowest BCUT2D eigenvalue weighted by molar-refractivity contribution is -0.123. The molecule has 180 valence electrons. The molecule has 1 aliphatic heterocycles. The van der Waals surface area contributed by atoms with Crippen molar-refractivity contribution in [3.63, 3.8) is 0 Å². The molecule has 0 unspecified atom stereocenters. The average Bonchev–Trinajstić information content (AvgIpc) is 3.12. The van der Waals surface area contributed by atoms with Crippen LogP contribution in [0.1, 0.15) is 31.2 Å². The van der Waals surface area contributed by atoms with E-state index in [2.05, 4.69) is 0 Å². The number of aromatic hydroxyl groups is 1. The number of anilines is 1. The lowest BCUT2D eigenvalue weighted by Gasteiger charge is -2.42. The van der Waals surface area contributed by atoms with Crippen LogP contribution in [0.15, 0.2) is 83.0 Å². The Bertz CT molecular complexity index is 1450. The van der Waals surface area contributed by atoms with Crippen molar-refractivity contribution in [1.29, 1.82) is 0 Å². The largest absolute Gasteiger partial charge is 0.508 e. The fourth-order valence-electron chi connectivity index (χ4n) is 6.27. The van der Waals surface area contributed by atoms with Crippen LogP contribution in [-0.2, 0) is 19.2 Å². The van der Waals surface area contributed by atoms with E-state index in [0.717, 1.165) is 11.1 Å². The second-order valence-electron chi connectivity index (χ2n) is 9.81. The number of phenolic OH excluding ortho intramolecular Hbond substituents is 1. The molecule has 0 spiro atoms. The minimum absolute atomic E-state index is 0.0926. The smallest absolute Gasteiger partial charge is 0.238 e. The quantitative estimate of drug-likeness (QED) is 0.368. The Labute approximate surface area is 212 Å². The molecule has 0 saturated carbocycles. The number of benzene rings is 2. The first-order valence-corrected chi connectivity index (χ1v) is 12.3. The highest BCUT2D eigenvalue weighted by Crippen LogP contribution is 2.55. The number of imide groups is 1. The molecular formula is C29H22ClNO5. The molecule has 6 rings (SSSR count). The molecule has 2 amide bonds. The molecule has 0 radical (unpaired) electrons. The van der Waals surface area contributed by atoms with Crippen molar-refractivity contribution in [3.05, 3.63) is 93.6 Å². The van der Waals surface area contributed by atoms with E-state index in [-0.39, 0.29) is 35.6 Å². The first-order chi connectivity index (χ1) is 17.3. The van der Waals surface area contributed by atoms with Gasteiger partial charge in [0.2, 0.25) is 11.8 Å². The van der Waals surface area contributed by atoms with Crippen molar-refractivity contribution in [2.24, 2.45) is 17.8 Å². The third-order valence-electron chi connectivity index (χ3n) is 7.87. The maximum atomic E-state index is 13.8. The molecule has 1 N–H and O–H groups in total. The maximum absolute atomic E-state index is 13.8. The summed E-state index contributed by atoms with van der Waals surface area (Å²) >= 11 is 6.01. The Morgan fingerprint density at radius 2 is 1.61 bits per heavy atom. The van der Waals surface area contributed by atoms with Crippen molar-refractivity contribution in [2.45, 2.75) is 25.7 Å². The van der Waals surface area contributed by atoms with Crippen LogP contribution in [0.5, 0.6) is 5.75 Å². The minimum atomic E-state index is -0.629. The summed E-state index contributed by atoms with van der Waals surface area (Å²) in [7, 11) is 0. The highest BCUT2D eigenvalue weighted by molar-refractivity contribution is 6.31. The number of ketones is 2. The van der Waals surface area contributed by atoms with Crippen molar-refractivity contribution >= 4 is 40.7 Å².